The molecule has 1 saturated carbocycles. The highest BCUT2D eigenvalue weighted by molar-refractivity contribution is 5.66. The van der Waals surface area contributed by atoms with Crippen molar-refractivity contribution >= 4 is 5.97 Å². The van der Waals surface area contributed by atoms with Crippen LogP contribution in [0.15, 0.2) is 0 Å². The van der Waals surface area contributed by atoms with E-state index in [1.807, 2.05) is 0 Å². The van der Waals surface area contributed by atoms with E-state index in [1.165, 1.54) is 19.3 Å². The standard InChI is InChI=1S/C14H26N2O2/c1-2-7-15-12-8-11(3-6-14(17)18)9-16(10-12)13-4-5-13/h11-13,15H,2-10H2,1H3,(H,17,18). The van der Waals surface area contributed by atoms with Crippen LogP contribution in [0.25, 0.3) is 0 Å². The average molecular weight is 254 g/mol. The first kappa shape index (κ1) is 13.8. The number of carbonyl (C=O) groups is 1. The van der Waals surface area contributed by atoms with Crippen LogP contribution in [0.4, 0.5) is 0 Å². The lowest BCUT2D eigenvalue weighted by Crippen LogP contribution is -2.50. The Kier molecular flexibility index (Phi) is 5.01. The summed E-state index contributed by atoms with van der Waals surface area (Å²) in [4.78, 5) is 13.3. The van der Waals surface area contributed by atoms with Gasteiger partial charge in [0.1, 0.15) is 0 Å². The lowest BCUT2D eigenvalue weighted by Gasteiger charge is -2.38. The second kappa shape index (κ2) is 6.53. The van der Waals surface area contributed by atoms with Gasteiger partial charge in [-0.2, -0.15) is 0 Å². The molecule has 1 aliphatic carbocycles. The van der Waals surface area contributed by atoms with E-state index in [1.54, 1.807) is 0 Å². The van der Waals surface area contributed by atoms with Crippen LogP contribution in [0.2, 0.25) is 0 Å². The Morgan fingerprint density at radius 3 is 2.78 bits per heavy atom. The van der Waals surface area contributed by atoms with Crippen molar-refractivity contribution in [3.8, 4) is 0 Å². The van der Waals surface area contributed by atoms with Crippen molar-refractivity contribution in [3.63, 3.8) is 0 Å². The second-order valence-corrected chi connectivity index (χ2v) is 5.87. The molecule has 1 saturated heterocycles. The molecule has 2 unspecified atom stereocenters. The van der Waals surface area contributed by atoms with Crippen LogP contribution in [0.3, 0.4) is 0 Å². The fraction of sp³-hybridized carbons (Fsp3) is 0.929. The Balaban J connectivity index is 1.82. The summed E-state index contributed by atoms with van der Waals surface area (Å²) in [6.45, 7) is 5.54. The smallest absolute Gasteiger partial charge is 0.303 e. The molecule has 4 heteroatoms. The van der Waals surface area contributed by atoms with Gasteiger partial charge in [0.2, 0.25) is 0 Å². The Bertz CT molecular complexity index is 279. The van der Waals surface area contributed by atoms with Crippen molar-refractivity contribution < 1.29 is 9.90 Å². The largest absolute Gasteiger partial charge is 0.481 e. The number of aliphatic carboxylic acids is 1. The average Bonchev–Trinajstić information content (AvgIpc) is 3.18. The lowest BCUT2D eigenvalue weighted by molar-refractivity contribution is -0.137. The summed E-state index contributed by atoms with van der Waals surface area (Å²) in [5.41, 5.74) is 0. The first-order valence-electron chi connectivity index (χ1n) is 7.38. The monoisotopic (exact) mass is 254 g/mol. The highest BCUT2D eigenvalue weighted by Crippen LogP contribution is 2.32. The molecule has 4 nitrogen and oxygen atoms in total. The van der Waals surface area contributed by atoms with Gasteiger partial charge in [0, 0.05) is 31.6 Å². The SMILES string of the molecule is CCCNC1CC(CCC(=O)O)CN(C2CC2)C1. The minimum Gasteiger partial charge on any atom is -0.481 e. The van der Waals surface area contributed by atoms with Crippen LogP contribution < -0.4 is 5.32 Å². The molecule has 18 heavy (non-hydrogen) atoms. The van der Waals surface area contributed by atoms with Gasteiger partial charge < -0.3 is 10.4 Å². The van der Waals surface area contributed by atoms with Gasteiger partial charge in [0.15, 0.2) is 0 Å². The molecular weight excluding hydrogens is 228 g/mol. The summed E-state index contributed by atoms with van der Waals surface area (Å²) >= 11 is 0. The summed E-state index contributed by atoms with van der Waals surface area (Å²) in [6, 6.07) is 1.36. The van der Waals surface area contributed by atoms with E-state index >= 15 is 0 Å². The highest BCUT2D eigenvalue weighted by atomic mass is 16.4. The van der Waals surface area contributed by atoms with E-state index in [2.05, 4.69) is 17.1 Å². The Morgan fingerprint density at radius 1 is 1.39 bits per heavy atom. The third-order valence-corrected chi connectivity index (χ3v) is 4.08. The molecular formula is C14H26N2O2. The molecule has 2 atom stereocenters. The molecule has 0 aromatic rings. The van der Waals surface area contributed by atoms with Crippen molar-refractivity contribution in [2.24, 2.45) is 5.92 Å². The molecule has 2 rings (SSSR count). The number of likely N-dealkylation sites (tertiary alicyclic amines) is 1. The molecule has 0 aromatic heterocycles. The van der Waals surface area contributed by atoms with Crippen LogP contribution in [0.1, 0.15) is 45.4 Å². The molecule has 0 bridgehead atoms. The van der Waals surface area contributed by atoms with Gasteiger partial charge in [0.05, 0.1) is 0 Å². The van der Waals surface area contributed by atoms with E-state index < -0.39 is 5.97 Å². The summed E-state index contributed by atoms with van der Waals surface area (Å²) in [7, 11) is 0. The predicted molar refractivity (Wildman–Crippen MR) is 71.7 cm³/mol. The highest BCUT2D eigenvalue weighted by Gasteiger charge is 2.35. The number of carboxylic acid groups (broad SMARTS) is 1. The first-order valence-corrected chi connectivity index (χ1v) is 7.38. The number of hydrogen-bond donors (Lipinski definition) is 2. The Hall–Kier alpha value is -0.610. The van der Waals surface area contributed by atoms with Crippen molar-refractivity contribution in [2.45, 2.75) is 57.5 Å². The quantitative estimate of drug-likeness (QED) is 0.726. The predicted octanol–water partition coefficient (Wildman–Crippen LogP) is 1.70. The fourth-order valence-corrected chi connectivity index (χ4v) is 3.01. The molecule has 2 N–H and O–H groups in total. The van der Waals surface area contributed by atoms with Crippen LogP contribution in [0, 0.1) is 5.92 Å². The molecule has 0 aromatic carbocycles. The maximum atomic E-state index is 10.7. The summed E-state index contributed by atoms with van der Waals surface area (Å²) < 4.78 is 0. The third-order valence-electron chi connectivity index (χ3n) is 4.08. The van der Waals surface area contributed by atoms with E-state index in [4.69, 9.17) is 5.11 Å². The Morgan fingerprint density at radius 2 is 2.17 bits per heavy atom. The van der Waals surface area contributed by atoms with Gasteiger partial charge in [-0.05, 0) is 44.6 Å². The first-order chi connectivity index (χ1) is 8.69. The van der Waals surface area contributed by atoms with E-state index in [9.17, 15) is 4.79 Å². The number of nitrogens with one attached hydrogen (secondary N) is 1. The van der Waals surface area contributed by atoms with Crippen LogP contribution in [0.5, 0.6) is 0 Å². The van der Waals surface area contributed by atoms with Gasteiger partial charge in [0.25, 0.3) is 0 Å². The number of carboxylic acids is 1. The number of piperidine rings is 1. The van der Waals surface area contributed by atoms with Crippen LogP contribution in [-0.4, -0.2) is 47.7 Å². The molecule has 1 aliphatic heterocycles. The van der Waals surface area contributed by atoms with Crippen molar-refractivity contribution in [3.05, 3.63) is 0 Å². The van der Waals surface area contributed by atoms with Crippen molar-refractivity contribution in [1.29, 1.82) is 0 Å². The summed E-state index contributed by atoms with van der Waals surface area (Å²) in [6.07, 6.45) is 6.15. The van der Waals surface area contributed by atoms with E-state index in [-0.39, 0.29) is 0 Å². The number of nitrogens with zero attached hydrogens (tertiary/aromatic N) is 1. The minimum atomic E-state index is -0.656. The molecule has 2 aliphatic rings. The van der Waals surface area contributed by atoms with Gasteiger partial charge in [-0.15, -0.1) is 0 Å². The van der Waals surface area contributed by atoms with Crippen LogP contribution >= 0.6 is 0 Å². The molecule has 0 spiro atoms. The van der Waals surface area contributed by atoms with Crippen LogP contribution in [-0.2, 0) is 4.79 Å². The van der Waals surface area contributed by atoms with Crippen molar-refractivity contribution in [1.82, 2.24) is 10.2 Å². The molecule has 1 heterocycles. The molecule has 0 amide bonds. The zero-order chi connectivity index (χ0) is 13.0. The van der Waals surface area contributed by atoms with E-state index in [0.29, 0.717) is 18.4 Å². The minimum absolute atomic E-state index is 0.323. The number of hydrogen-bond acceptors (Lipinski definition) is 3. The summed E-state index contributed by atoms with van der Waals surface area (Å²) in [5.74, 6) is -0.0959. The Labute approximate surface area is 110 Å². The van der Waals surface area contributed by atoms with E-state index in [0.717, 1.165) is 38.5 Å². The fourth-order valence-electron chi connectivity index (χ4n) is 3.01. The molecule has 2 fully saturated rings. The van der Waals surface area contributed by atoms with Gasteiger partial charge in [-0.3, -0.25) is 9.69 Å². The zero-order valence-corrected chi connectivity index (χ0v) is 11.4. The summed E-state index contributed by atoms with van der Waals surface area (Å²) in [5, 5.41) is 12.4. The zero-order valence-electron chi connectivity index (χ0n) is 11.4. The van der Waals surface area contributed by atoms with Gasteiger partial charge in [-0.25, -0.2) is 0 Å². The van der Waals surface area contributed by atoms with Crippen molar-refractivity contribution in [2.75, 3.05) is 19.6 Å². The topological polar surface area (TPSA) is 52.6 Å². The maximum Gasteiger partial charge on any atom is 0.303 e. The van der Waals surface area contributed by atoms with Gasteiger partial charge >= 0.3 is 5.97 Å². The normalized spacial score (nSPS) is 29.4. The third kappa shape index (κ3) is 4.25. The maximum absolute atomic E-state index is 10.7. The lowest BCUT2D eigenvalue weighted by atomic mass is 9.90. The molecule has 0 radical (unpaired) electrons. The number of rotatable bonds is 7. The molecule has 104 valence electrons. The van der Waals surface area contributed by atoms with Gasteiger partial charge in [-0.1, -0.05) is 6.92 Å². The second-order valence-electron chi connectivity index (χ2n) is 5.87.